The third-order valence-corrected chi connectivity index (χ3v) is 9.94. The van der Waals surface area contributed by atoms with Crippen molar-refractivity contribution in [1.82, 2.24) is 14.9 Å². The van der Waals surface area contributed by atoms with Crippen LogP contribution in [-0.4, -0.2) is 64.3 Å². The Labute approximate surface area is 281 Å². The number of anilines is 2. The van der Waals surface area contributed by atoms with Gasteiger partial charge in [0.1, 0.15) is 22.7 Å². The Morgan fingerprint density at radius 2 is 1.83 bits per heavy atom. The van der Waals surface area contributed by atoms with Gasteiger partial charge < -0.3 is 25.2 Å². The Kier molecular flexibility index (Phi) is 8.85. The Morgan fingerprint density at radius 1 is 1.10 bits per heavy atom. The van der Waals surface area contributed by atoms with Crippen LogP contribution < -0.4 is 10.0 Å². The number of hydrogen-bond donors (Lipinski definition) is 4. The lowest BCUT2D eigenvalue weighted by Gasteiger charge is -2.33. The highest BCUT2D eigenvalue weighted by atomic mass is 35.5. The quantitative estimate of drug-likeness (QED) is 0.176. The van der Waals surface area contributed by atoms with E-state index in [1.54, 1.807) is 4.90 Å². The van der Waals surface area contributed by atoms with Gasteiger partial charge in [0.05, 0.1) is 22.3 Å². The number of halogens is 3. The van der Waals surface area contributed by atoms with Crippen LogP contribution in [0.2, 0.25) is 5.02 Å². The SMILES string of the molecule is CC(C)(C)OC(=O)N1CCC(Nc2ncc3cc(-c4c(F)ccc(NS(=O)(=O)c5cc(Cl)cc6c5CC[C@H]6O)c4F)cc(O)c3n2)CC1. The van der Waals surface area contributed by atoms with Crippen LogP contribution in [0.4, 0.5) is 25.2 Å². The van der Waals surface area contributed by atoms with E-state index in [2.05, 4.69) is 20.0 Å². The summed E-state index contributed by atoms with van der Waals surface area (Å²) < 4.78 is 65.5. The number of fused-ring (bicyclic) bond motifs is 2. The molecule has 2 heterocycles. The molecule has 1 atom stereocenters. The zero-order chi connectivity index (χ0) is 34.5. The van der Waals surface area contributed by atoms with Crippen LogP contribution >= 0.6 is 11.6 Å². The molecule has 1 aliphatic heterocycles. The summed E-state index contributed by atoms with van der Waals surface area (Å²) in [5.41, 5.74) is -0.849. The number of nitrogens with one attached hydrogen (secondary N) is 2. The molecule has 48 heavy (non-hydrogen) atoms. The first-order chi connectivity index (χ1) is 22.6. The molecule has 1 aliphatic carbocycles. The standard InChI is InChI=1S/C33H34ClF2N5O6S/c1-33(2,3)47-32(44)41-10-8-20(9-11-41)38-31-37-16-18-12-17(13-26(43)30(18)39-31)28-23(35)5-6-24(29(28)36)40-48(45,46)27-15-19(34)14-22-21(27)4-7-25(22)42/h5-6,12-16,20,25,40,42-43H,4,7-11H2,1-3H3,(H,37,38,39)/t25-/m1/s1. The maximum atomic E-state index is 15.9. The average Bonchev–Trinajstić information content (AvgIpc) is 3.38. The fourth-order valence-corrected chi connectivity index (χ4v) is 7.70. The summed E-state index contributed by atoms with van der Waals surface area (Å²) >= 11 is 6.13. The maximum absolute atomic E-state index is 15.9. The topological polar surface area (TPSA) is 154 Å². The van der Waals surface area contributed by atoms with Gasteiger partial charge in [0, 0.05) is 35.7 Å². The van der Waals surface area contributed by atoms with Crippen LogP contribution in [0.5, 0.6) is 5.75 Å². The largest absolute Gasteiger partial charge is 0.506 e. The second-order valence-electron chi connectivity index (χ2n) is 12.9. The molecule has 15 heteroatoms. The Morgan fingerprint density at radius 3 is 2.54 bits per heavy atom. The number of phenolic OH excluding ortho intramolecular Hbond substituents is 1. The van der Waals surface area contributed by atoms with Crippen molar-refractivity contribution in [3.05, 3.63) is 70.4 Å². The van der Waals surface area contributed by atoms with Crippen molar-refractivity contribution in [2.75, 3.05) is 23.1 Å². The Hall–Kier alpha value is -4.27. The van der Waals surface area contributed by atoms with Crippen molar-refractivity contribution in [1.29, 1.82) is 0 Å². The number of carbonyl (C=O) groups excluding carboxylic acids is 1. The van der Waals surface area contributed by atoms with E-state index in [0.29, 0.717) is 43.5 Å². The number of amides is 1. The first-order valence-electron chi connectivity index (χ1n) is 15.4. The van der Waals surface area contributed by atoms with Crippen LogP contribution in [0.15, 0.2) is 47.5 Å². The summed E-state index contributed by atoms with van der Waals surface area (Å²) in [6, 6.07) is 7.09. The lowest BCUT2D eigenvalue weighted by molar-refractivity contribution is 0.0210. The number of aromatic nitrogens is 2. The zero-order valence-corrected chi connectivity index (χ0v) is 27.9. The van der Waals surface area contributed by atoms with E-state index in [1.807, 2.05) is 20.8 Å². The summed E-state index contributed by atoms with van der Waals surface area (Å²) in [5.74, 6) is -2.33. The van der Waals surface area contributed by atoms with Crippen molar-refractivity contribution in [3.8, 4) is 16.9 Å². The lowest BCUT2D eigenvalue weighted by atomic mass is 10.0. The van der Waals surface area contributed by atoms with Gasteiger partial charge in [-0.15, -0.1) is 0 Å². The van der Waals surface area contributed by atoms with Gasteiger partial charge >= 0.3 is 6.09 Å². The van der Waals surface area contributed by atoms with Crippen LogP contribution in [0.3, 0.4) is 0 Å². The number of aliphatic hydroxyl groups is 1. The van der Waals surface area contributed by atoms with Gasteiger partial charge in [0.25, 0.3) is 10.0 Å². The summed E-state index contributed by atoms with van der Waals surface area (Å²) in [5, 5.41) is 24.7. The lowest BCUT2D eigenvalue weighted by Crippen LogP contribution is -2.44. The molecule has 1 amide bonds. The average molecular weight is 702 g/mol. The van der Waals surface area contributed by atoms with Crippen LogP contribution in [0.25, 0.3) is 22.0 Å². The molecule has 0 spiro atoms. The molecular formula is C33H34ClF2N5O6S. The van der Waals surface area contributed by atoms with E-state index in [0.717, 1.165) is 18.2 Å². The van der Waals surface area contributed by atoms with E-state index in [1.165, 1.54) is 24.4 Å². The molecule has 6 rings (SSSR count). The van der Waals surface area contributed by atoms with E-state index >= 15 is 8.78 Å². The van der Waals surface area contributed by atoms with Crippen molar-refractivity contribution >= 4 is 50.3 Å². The third-order valence-electron chi connectivity index (χ3n) is 8.29. The highest BCUT2D eigenvalue weighted by Gasteiger charge is 2.31. The number of nitrogens with zero attached hydrogens (tertiary/aromatic N) is 3. The number of aliphatic hydroxyl groups excluding tert-OH is 1. The molecule has 254 valence electrons. The maximum Gasteiger partial charge on any atom is 0.410 e. The van der Waals surface area contributed by atoms with Gasteiger partial charge in [0.2, 0.25) is 5.95 Å². The molecule has 1 fully saturated rings. The summed E-state index contributed by atoms with van der Waals surface area (Å²) in [6.07, 6.45) is 1.99. The van der Waals surface area contributed by atoms with Crippen LogP contribution in [-0.2, 0) is 21.2 Å². The molecule has 4 N–H and O–H groups in total. The number of hydrogen-bond acceptors (Lipinski definition) is 9. The van der Waals surface area contributed by atoms with E-state index < -0.39 is 44.6 Å². The molecule has 0 radical (unpaired) electrons. The minimum Gasteiger partial charge on any atom is -0.506 e. The summed E-state index contributed by atoms with van der Waals surface area (Å²) in [6.45, 7) is 6.39. The second kappa shape index (κ2) is 12.6. The monoisotopic (exact) mass is 701 g/mol. The number of piperidine rings is 1. The number of benzene rings is 3. The second-order valence-corrected chi connectivity index (χ2v) is 15.0. The Balaban J connectivity index is 1.22. The normalized spacial score (nSPS) is 17.0. The van der Waals surface area contributed by atoms with Gasteiger partial charge in [-0.25, -0.2) is 32.0 Å². The number of aromatic hydroxyl groups is 1. The molecular weight excluding hydrogens is 668 g/mol. The first kappa shape index (κ1) is 33.6. The predicted octanol–water partition coefficient (Wildman–Crippen LogP) is 6.53. The fraction of sp³-hybridized carbons (Fsp3) is 0.364. The predicted molar refractivity (Wildman–Crippen MR) is 177 cm³/mol. The van der Waals surface area contributed by atoms with E-state index in [9.17, 15) is 23.4 Å². The molecule has 2 aliphatic rings. The minimum absolute atomic E-state index is 0.0460. The van der Waals surface area contributed by atoms with E-state index in [4.69, 9.17) is 16.3 Å². The fourth-order valence-electron chi connectivity index (χ4n) is 6.02. The molecule has 0 bridgehead atoms. The van der Waals surface area contributed by atoms with Gasteiger partial charge in [-0.05, 0) is 99.5 Å². The number of carbonyl (C=O) groups is 1. The molecule has 4 aromatic rings. The Bertz CT molecular complexity index is 2030. The molecule has 11 nitrogen and oxygen atoms in total. The van der Waals surface area contributed by atoms with Gasteiger partial charge in [-0.2, -0.15) is 0 Å². The number of ether oxygens (including phenoxy) is 1. The van der Waals surface area contributed by atoms with Crippen molar-refractivity contribution in [2.24, 2.45) is 0 Å². The number of rotatable bonds is 6. The molecule has 3 aromatic carbocycles. The third kappa shape index (κ3) is 6.82. The molecule has 0 unspecified atom stereocenters. The van der Waals surface area contributed by atoms with Gasteiger partial charge in [-0.1, -0.05) is 11.6 Å². The minimum atomic E-state index is -4.40. The van der Waals surface area contributed by atoms with Gasteiger partial charge in [-0.3, -0.25) is 4.72 Å². The number of sulfonamides is 1. The summed E-state index contributed by atoms with van der Waals surface area (Å²) in [7, 11) is -4.40. The number of likely N-dealkylation sites (tertiary alicyclic amines) is 1. The van der Waals surface area contributed by atoms with E-state index in [-0.39, 0.29) is 56.6 Å². The van der Waals surface area contributed by atoms with Crippen LogP contribution in [0, 0.1) is 11.6 Å². The van der Waals surface area contributed by atoms with Crippen molar-refractivity contribution in [2.45, 2.75) is 69.1 Å². The molecule has 1 aromatic heterocycles. The van der Waals surface area contributed by atoms with Crippen molar-refractivity contribution < 1.29 is 36.9 Å². The zero-order valence-electron chi connectivity index (χ0n) is 26.3. The number of phenols is 1. The van der Waals surface area contributed by atoms with Crippen molar-refractivity contribution in [3.63, 3.8) is 0 Å². The smallest absolute Gasteiger partial charge is 0.410 e. The molecule has 0 saturated carbocycles. The first-order valence-corrected chi connectivity index (χ1v) is 17.2. The molecule has 1 saturated heterocycles. The summed E-state index contributed by atoms with van der Waals surface area (Å²) in [4.78, 5) is 22.5. The highest BCUT2D eigenvalue weighted by molar-refractivity contribution is 7.92. The highest BCUT2D eigenvalue weighted by Crippen LogP contribution is 2.40. The van der Waals surface area contributed by atoms with Gasteiger partial charge in [0.15, 0.2) is 5.82 Å². The van der Waals surface area contributed by atoms with Crippen LogP contribution in [0.1, 0.15) is 57.3 Å².